The highest BCUT2D eigenvalue weighted by atomic mass is 16.5. The number of para-hydroxylation sites is 1. The van der Waals surface area contributed by atoms with Crippen LogP contribution in [0.1, 0.15) is 30.8 Å². The van der Waals surface area contributed by atoms with Crippen molar-refractivity contribution >= 4 is 28.9 Å². The molecule has 0 aliphatic carbocycles. The van der Waals surface area contributed by atoms with E-state index in [0.717, 1.165) is 0 Å². The fraction of sp³-hybridized carbons (Fsp3) is 0.333. The van der Waals surface area contributed by atoms with E-state index < -0.39 is 24.0 Å². The van der Waals surface area contributed by atoms with Crippen molar-refractivity contribution in [3.63, 3.8) is 0 Å². The molecular weight excluding hydrogens is 352 g/mol. The van der Waals surface area contributed by atoms with E-state index in [0.29, 0.717) is 17.3 Å². The number of aromatic amines is 1. The van der Waals surface area contributed by atoms with Crippen LogP contribution in [-0.4, -0.2) is 47.4 Å². The van der Waals surface area contributed by atoms with Crippen LogP contribution in [-0.2, 0) is 14.3 Å². The van der Waals surface area contributed by atoms with Gasteiger partial charge in [-0.05, 0) is 19.4 Å². The molecule has 0 saturated heterocycles. The second-order valence-corrected chi connectivity index (χ2v) is 5.87. The fourth-order valence-corrected chi connectivity index (χ4v) is 2.90. The van der Waals surface area contributed by atoms with Gasteiger partial charge in [0.2, 0.25) is 0 Å². The van der Waals surface area contributed by atoms with Gasteiger partial charge in [-0.1, -0.05) is 25.1 Å². The summed E-state index contributed by atoms with van der Waals surface area (Å²) in [7, 11) is 0. The molecule has 1 aromatic carbocycles. The number of esters is 2. The number of hydrogen-bond acceptors (Lipinski definition) is 6. The maximum absolute atomic E-state index is 12.4. The van der Waals surface area contributed by atoms with E-state index in [1.807, 2.05) is 13.0 Å². The molecule has 3 N–H and O–H groups in total. The second kappa shape index (κ2) is 7.90. The maximum Gasteiger partial charge on any atom is 0.359 e. The Morgan fingerprint density at radius 3 is 2.67 bits per heavy atom. The molecule has 0 bridgehead atoms. The molecule has 2 aromatic rings. The van der Waals surface area contributed by atoms with Gasteiger partial charge in [0.25, 0.3) is 0 Å². The SMILES string of the molecule is CCOC(=O)C1=C(COC(=O)c2n[nH]c3ccccc23)NC(=O)N[C@H]1CC. The molecular formula is C18H20N4O5. The van der Waals surface area contributed by atoms with Gasteiger partial charge in [0.15, 0.2) is 5.69 Å². The van der Waals surface area contributed by atoms with Crippen molar-refractivity contribution in [1.82, 2.24) is 20.8 Å². The number of aromatic nitrogens is 2. The zero-order valence-corrected chi connectivity index (χ0v) is 15.0. The van der Waals surface area contributed by atoms with E-state index in [9.17, 15) is 14.4 Å². The predicted molar refractivity (Wildman–Crippen MR) is 95.8 cm³/mol. The van der Waals surface area contributed by atoms with Gasteiger partial charge in [-0.25, -0.2) is 14.4 Å². The quantitative estimate of drug-likeness (QED) is 0.663. The average Bonchev–Trinajstić information content (AvgIpc) is 3.09. The van der Waals surface area contributed by atoms with Crippen molar-refractivity contribution in [3.8, 4) is 0 Å². The Labute approximate surface area is 155 Å². The van der Waals surface area contributed by atoms with Gasteiger partial charge in [-0.15, -0.1) is 0 Å². The van der Waals surface area contributed by atoms with Crippen molar-refractivity contribution in [1.29, 1.82) is 0 Å². The summed E-state index contributed by atoms with van der Waals surface area (Å²) in [6.45, 7) is 3.43. The van der Waals surface area contributed by atoms with Crippen LogP contribution in [0.3, 0.4) is 0 Å². The molecule has 1 aliphatic rings. The van der Waals surface area contributed by atoms with Crippen LogP contribution >= 0.6 is 0 Å². The number of amides is 2. The summed E-state index contributed by atoms with van der Waals surface area (Å²) in [5, 5.41) is 12.6. The molecule has 1 aromatic heterocycles. The van der Waals surface area contributed by atoms with E-state index in [4.69, 9.17) is 9.47 Å². The summed E-state index contributed by atoms with van der Waals surface area (Å²) in [4.78, 5) is 36.6. The normalized spacial score (nSPS) is 16.7. The fourth-order valence-electron chi connectivity index (χ4n) is 2.90. The van der Waals surface area contributed by atoms with Crippen molar-refractivity contribution < 1.29 is 23.9 Å². The van der Waals surface area contributed by atoms with Crippen LogP contribution in [0.25, 0.3) is 10.9 Å². The Morgan fingerprint density at radius 2 is 1.93 bits per heavy atom. The molecule has 1 aliphatic heterocycles. The van der Waals surface area contributed by atoms with Crippen LogP contribution in [0, 0.1) is 0 Å². The molecule has 3 rings (SSSR count). The molecule has 0 spiro atoms. The lowest BCUT2D eigenvalue weighted by Crippen LogP contribution is -2.51. The van der Waals surface area contributed by atoms with Gasteiger partial charge in [-0.2, -0.15) is 5.10 Å². The minimum absolute atomic E-state index is 0.135. The number of fused-ring (bicyclic) bond motifs is 1. The standard InChI is InChI=1S/C18H20N4O5/c1-3-11-14(16(23)26-4-2)13(20-18(25)19-11)9-27-17(24)15-10-7-5-6-8-12(10)21-22-15/h5-8,11H,3-4,9H2,1-2H3,(H,21,22)(H2,19,20,25)/t11-/m0/s1. The molecule has 9 nitrogen and oxygen atoms in total. The van der Waals surface area contributed by atoms with Crippen LogP contribution in [0.2, 0.25) is 0 Å². The van der Waals surface area contributed by atoms with Crippen molar-refractivity contribution in [2.75, 3.05) is 13.2 Å². The third kappa shape index (κ3) is 3.76. The number of nitrogens with one attached hydrogen (secondary N) is 3. The Kier molecular flexibility index (Phi) is 5.39. The van der Waals surface area contributed by atoms with Crippen LogP contribution in [0.5, 0.6) is 0 Å². The van der Waals surface area contributed by atoms with Gasteiger partial charge in [0, 0.05) is 5.39 Å². The lowest BCUT2D eigenvalue weighted by atomic mass is 10.0. The van der Waals surface area contributed by atoms with Gasteiger partial charge in [0.05, 0.1) is 29.4 Å². The second-order valence-electron chi connectivity index (χ2n) is 5.87. The number of ether oxygens (including phenoxy) is 2. The molecule has 2 heterocycles. The van der Waals surface area contributed by atoms with Gasteiger partial charge < -0.3 is 20.1 Å². The van der Waals surface area contributed by atoms with Crippen molar-refractivity contribution in [2.45, 2.75) is 26.3 Å². The number of urea groups is 1. The predicted octanol–water partition coefficient (Wildman–Crippen LogP) is 1.63. The molecule has 142 valence electrons. The Balaban J connectivity index is 1.83. The molecule has 0 radical (unpaired) electrons. The molecule has 9 heteroatoms. The monoisotopic (exact) mass is 372 g/mol. The number of H-pyrrole nitrogens is 1. The Bertz CT molecular complexity index is 917. The van der Waals surface area contributed by atoms with Crippen LogP contribution in [0.15, 0.2) is 35.5 Å². The largest absolute Gasteiger partial charge is 0.463 e. The summed E-state index contributed by atoms with van der Waals surface area (Å²) in [6, 6.07) is 6.16. The molecule has 27 heavy (non-hydrogen) atoms. The summed E-state index contributed by atoms with van der Waals surface area (Å²) >= 11 is 0. The first kappa shape index (κ1) is 18.4. The summed E-state index contributed by atoms with van der Waals surface area (Å²) in [5.74, 6) is -1.22. The van der Waals surface area contributed by atoms with Crippen molar-refractivity contribution in [2.24, 2.45) is 0 Å². The lowest BCUT2D eigenvalue weighted by Gasteiger charge is -2.28. The molecule has 2 amide bonds. The molecule has 0 unspecified atom stereocenters. The van der Waals surface area contributed by atoms with Gasteiger partial charge in [-0.3, -0.25) is 5.10 Å². The molecule has 0 saturated carbocycles. The van der Waals surface area contributed by atoms with E-state index in [-0.39, 0.29) is 30.2 Å². The zero-order chi connectivity index (χ0) is 19.4. The third-order valence-corrected chi connectivity index (χ3v) is 4.16. The van der Waals surface area contributed by atoms with Crippen LogP contribution in [0.4, 0.5) is 4.79 Å². The highest BCUT2D eigenvalue weighted by molar-refractivity contribution is 6.02. The number of benzene rings is 1. The Morgan fingerprint density at radius 1 is 1.15 bits per heavy atom. The first-order valence-electron chi connectivity index (χ1n) is 8.63. The van der Waals surface area contributed by atoms with E-state index in [1.165, 1.54) is 0 Å². The van der Waals surface area contributed by atoms with Crippen molar-refractivity contribution in [3.05, 3.63) is 41.2 Å². The molecule has 1 atom stereocenters. The number of hydrogen-bond donors (Lipinski definition) is 3. The minimum atomic E-state index is -0.663. The summed E-state index contributed by atoms with van der Waals surface area (Å²) in [5.41, 5.74) is 1.30. The summed E-state index contributed by atoms with van der Waals surface area (Å²) < 4.78 is 10.4. The topological polar surface area (TPSA) is 122 Å². The number of carbonyl (C=O) groups excluding carboxylic acids is 3. The van der Waals surface area contributed by atoms with E-state index in [1.54, 1.807) is 25.1 Å². The highest BCUT2D eigenvalue weighted by Crippen LogP contribution is 2.19. The van der Waals surface area contributed by atoms with E-state index >= 15 is 0 Å². The van der Waals surface area contributed by atoms with Crippen LogP contribution < -0.4 is 10.6 Å². The van der Waals surface area contributed by atoms with Gasteiger partial charge in [0.1, 0.15) is 6.61 Å². The lowest BCUT2D eigenvalue weighted by molar-refractivity contribution is -0.139. The highest BCUT2D eigenvalue weighted by Gasteiger charge is 2.32. The summed E-state index contributed by atoms with van der Waals surface area (Å²) in [6.07, 6.45) is 0.489. The number of rotatable bonds is 6. The zero-order valence-electron chi connectivity index (χ0n) is 15.0. The number of carbonyl (C=O) groups is 3. The first-order chi connectivity index (χ1) is 13.0. The van der Waals surface area contributed by atoms with E-state index in [2.05, 4.69) is 20.8 Å². The molecule has 0 fully saturated rings. The van der Waals surface area contributed by atoms with Gasteiger partial charge >= 0.3 is 18.0 Å². The number of nitrogens with zero attached hydrogens (tertiary/aromatic N) is 1. The Hall–Kier alpha value is -3.36. The smallest absolute Gasteiger partial charge is 0.359 e. The minimum Gasteiger partial charge on any atom is -0.463 e. The maximum atomic E-state index is 12.4. The third-order valence-electron chi connectivity index (χ3n) is 4.16. The average molecular weight is 372 g/mol. The first-order valence-corrected chi connectivity index (χ1v) is 8.63.